The Morgan fingerprint density at radius 3 is 2.44 bits per heavy atom. The van der Waals surface area contributed by atoms with Gasteiger partial charge in [-0.3, -0.25) is 0 Å². The molecule has 5 atom stereocenters. The highest BCUT2D eigenvalue weighted by Gasteiger charge is 2.46. The van der Waals surface area contributed by atoms with Crippen LogP contribution in [0.5, 0.6) is 0 Å². The van der Waals surface area contributed by atoms with Crippen molar-refractivity contribution in [3.05, 3.63) is 0 Å². The van der Waals surface area contributed by atoms with E-state index in [1.807, 2.05) is 0 Å². The lowest BCUT2D eigenvalue weighted by atomic mass is 9.77. The molecular weight excluding hydrogens is 212 g/mol. The molecule has 1 heterocycles. The molecule has 1 aliphatic carbocycles. The Bertz CT molecular complexity index is 246. The van der Waals surface area contributed by atoms with Gasteiger partial charge in [0.05, 0.1) is 12.2 Å². The van der Waals surface area contributed by atoms with Gasteiger partial charge in [0.15, 0.2) is 0 Å². The average molecular weight is 240 g/mol. The smallest absolute Gasteiger partial charge is 0.0610 e. The minimum atomic E-state index is -0.936. The molecule has 2 rings (SSSR count). The van der Waals surface area contributed by atoms with Gasteiger partial charge in [0.2, 0.25) is 0 Å². The first-order valence-corrected chi connectivity index (χ1v) is 10.7. The zero-order valence-corrected chi connectivity index (χ0v) is 12.6. The second-order valence-electron chi connectivity index (χ2n) is 6.99. The Balaban J connectivity index is 2.07. The summed E-state index contributed by atoms with van der Waals surface area (Å²) in [6, 6.07) is 0. The lowest BCUT2D eigenvalue weighted by molar-refractivity contribution is 0.0244. The number of hydrogen-bond acceptors (Lipinski definition) is 1. The van der Waals surface area contributed by atoms with E-state index in [0.29, 0.717) is 12.2 Å². The highest BCUT2D eigenvalue weighted by Crippen LogP contribution is 2.49. The van der Waals surface area contributed by atoms with Crippen LogP contribution in [0.1, 0.15) is 39.5 Å². The summed E-state index contributed by atoms with van der Waals surface area (Å²) >= 11 is 0. The third-order valence-corrected chi connectivity index (χ3v) is 8.05. The van der Waals surface area contributed by atoms with E-state index in [4.69, 9.17) is 4.74 Å². The van der Waals surface area contributed by atoms with Crippen molar-refractivity contribution in [2.45, 2.75) is 76.9 Å². The van der Waals surface area contributed by atoms with Gasteiger partial charge in [0.25, 0.3) is 0 Å². The van der Waals surface area contributed by atoms with E-state index in [1.54, 1.807) is 0 Å². The van der Waals surface area contributed by atoms with Gasteiger partial charge in [-0.1, -0.05) is 39.4 Å². The van der Waals surface area contributed by atoms with Crippen molar-refractivity contribution >= 4 is 8.07 Å². The second kappa shape index (κ2) is 4.45. The van der Waals surface area contributed by atoms with Crippen molar-refractivity contribution in [3.8, 4) is 0 Å². The maximum Gasteiger partial charge on any atom is 0.0610 e. The topological polar surface area (TPSA) is 9.23 Å². The zero-order valence-electron chi connectivity index (χ0n) is 11.6. The number of ether oxygens (including phenoxy) is 1. The summed E-state index contributed by atoms with van der Waals surface area (Å²) in [5, 5.41) is 0. The largest absolute Gasteiger partial charge is 0.375 e. The Morgan fingerprint density at radius 2 is 1.88 bits per heavy atom. The van der Waals surface area contributed by atoms with E-state index >= 15 is 0 Å². The van der Waals surface area contributed by atoms with E-state index < -0.39 is 8.07 Å². The third-order valence-electron chi connectivity index (χ3n) is 5.07. The van der Waals surface area contributed by atoms with Gasteiger partial charge in [-0.15, -0.1) is 0 Å². The second-order valence-corrected chi connectivity index (χ2v) is 12.5. The van der Waals surface area contributed by atoms with E-state index in [2.05, 4.69) is 33.5 Å². The molecule has 5 unspecified atom stereocenters. The normalized spacial score (nSPS) is 44.4. The number of fused-ring (bicyclic) bond motifs is 1. The van der Waals surface area contributed by atoms with Crippen LogP contribution >= 0.6 is 0 Å². The maximum absolute atomic E-state index is 6.15. The molecule has 0 radical (unpaired) electrons. The molecule has 1 nitrogen and oxygen atoms in total. The van der Waals surface area contributed by atoms with E-state index in [1.165, 1.54) is 25.7 Å². The van der Waals surface area contributed by atoms with Gasteiger partial charge in [-0.25, -0.2) is 0 Å². The first-order valence-electron chi connectivity index (χ1n) is 7.09. The van der Waals surface area contributed by atoms with Gasteiger partial charge in [0.1, 0.15) is 0 Å². The summed E-state index contributed by atoms with van der Waals surface area (Å²) in [5.41, 5.74) is 1.04. The van der Waals surface area contributed by atoms with Crippen LogP contribution in [0.25, 0.3) is 0 Å². The lowest BCUT2D eigenvalue weighted by Gasteiger charge is -2.39. The molecule has 0 bridgehead atoms. The molecule has 0 spiro atoms. The maximum atomic E-state index is 6.15. The molecule has 2 aliphatic rings. The standard InChI is InChI=1S/C14H28OSi/c1-6-12-10(2)15-14-8-7-11(9-13(12)14)16(3,4)5/h10-14H,6-9H2,1-5H3. The van der Waals surface area contributed by atoms with Gasteiger partial charge in [-0.05, 0) is 37.1 Å². The van der Waals surface area contributed by atoms with E-state index in [0.717, 1.165) is 17.4 Å². The van der Waals surface area contributed by atoms with Crippen LogP contribution in [0.3, 0.4) is 0 Å². The van der Waals surface area contributed by atoms with Crippen LogP contribution in [0.2, 0.25) is 25.2 Å². The molecule has 1 aliphatic heterocycles. The molecule has 0 aromatic rings. The minimum absolute atomic E-state index is 0.514. The van der Waals surface area contributed by atoms with Crippen LogP contribution in [-0.2, 0) is 4.74 Å². The predicted octanol–water partition coefficient (Wildman–Crippen LogP) is 4.31. The highest BCUT2D eigenvalue weighted by atomic mass is 28.3. The number of rotatable bonds is 2. The van der Waals surface area contributed by atoms with Crippen LogP contribution in [0.4, 0.5) is 0 Å². The van der Waals surface area contributed by atoms with Crippen LogP contribution in [-0.4, -0.2) is 20.3 Å². The molecule has 94 valence electrons. The highest BCUT2D eigenvalue weighted by molar-refractivity contribution is 6.77. The van der Waals surface area contributed by atoms with Gasteiger partial charge < -0.3 is 4.74 Å². The Kier molecular flexibility index (Phi) is 3.51. The van der Waals surface area contributed by atoms with Gasteiger partial charge in [0, 0.05) is 8.07 Å². The fourth-order valence-electron chi connectivity index (χ4n) is 3.94. The quantitative estimate of drug-likeness (QED) is 0.654. The van der Waals surface area contributed by atoms with E-state index in [-0.39, 0.29) is 0 Å². The monoisotopic (exact) mass is 240 g/mol. The Labute approximate surface area is 102 Å². The van der Waals surface area contributed by atoms with Crippen molar-refractivity contribution in [2.24, 2.45) is 11.8 Å². The van der Waals surface area contributed by atoms with Gasteiger partial charge in [-0.2, -0.15) is 0 Å². The Morgan fingerprint density at radius 1 is 1.19 bits per heavy atom. The summed E-state index contributed by atoms with van der Waals surface area (Å²) in [6.07, 6.45) is 6.65. The zero-order chi connectivity index (χ0) is 11.9. The molecule has 16 heavy (non-hydrogen) atoms. The SMILES string of the molecule is CCC1C(C)OC2CCC([Si](C)(C)C)CC21. The van der Waals surface area contributed by atoms with Crippen molar-refractivity contribution in [1.29, 1.82) is 0 Å². The van der Waals surface area contributed by atoms with Crippen molar-refractivity contribution in [1.82, 2.24) is 0 Å². The van der Waals surface area contributed by atoms with Crippen LogP contribution in [0, 0.1) is 11.8 Å². The molecule has 0 N–H and O–H groups in total. The molecule has 1 saturated carbocycles. The summed E-state index contributed by atoms with van der Waals surface area (Å²) in [4.78, 5) is 0. The summed E-state index contributed by atoms with van der Waals surface area (Å²) in [7, 11) is -0.936. The van der Waals surface area contributed by atoms with E-state index in [9.17, 15) is 0 Å². The molecular formula is C14H28OSi. The van der Waals surface area contributed by atoms with Crippen LogP contribution < -0.4 is 0 Å². The van der Waals surface area contributed by atoms with Crippen molar-refractivity contribution in [2.75, 3.05) is 0 Å². The molecule has 0 aromatic carbocycles. The summed E-state index contributed by atoms with van der Waals surface area (Å²) < 4.78 is 6.15. The fourth-order valence-corrected chi connectivity index (χ4v) is 5.96. The molecule has 0 aromatic heterocycles. The predicted molar refractivity (Wildman–Crippen MR) is 72.6 cm³/mol. The summed E-state index contributed by atoms with van der Waals surface area (Å²) in [6.45, 7) is 12.2. The molecule has 2 heteroatoms. The van der Waals surface area contributed by atoms with Crippen molar-refractivity contribution in [3.63, 3.8) is 0 Å². The minimum Gasteiger partial charge on any atom is -0.375 e. The average Bonchev–Trinajstić information content (AvgIpc) is 2.50. The molecule has 1 saturated heterocycles. The van der Waals surface area contributed by atoms with Crippen molar-refractivity contribution < 1.29 is 4.74 Å². The first kappa shape index (κ1) is 12.6. The molecule has 0 amide bonds. The van der Waals surface area contributed by atoms with Gasteiger partial charge >= 0.3 is 0 Å². The first-order chi connectivity index (χ1) is 7.43. The fraction of sp³-hybridized carbons (Fsp3) is 1.00. The lowest BCUT2D eigenvalue weighted by Crippen LogP contribution is -2.37. The molecule has 2 fully saturated rings. The Hall–Kier alpha value is 0.177. The van der Waals surface area contributed by atoms with Crippen LogP contribution in [0.15, 0.2) is 0 Å². The third kappa shape index (κ3) is 2.24. The summed E-state index contributed by atoms with van der Waals surface area (Å²) in [5.74, 6) is 1.72. The number of hydrogen-bond donors (Lipinski definition) is 0.